The topological polar surface area (TPSA) is 94.7 Å². The van der Waals surface area contributed by atoms with Gasteiger partial charge in [-0.3, -0.25) is 4.79 Å². The Morgan fingerprint density at radius 1 is 1.09 bits per heavy atom. The lowest BCUT2D eigenvalue weighted by molar-refractivity contribution is -0.202. The van der Waals surface area contributed by atoms with Crippen LogP contribution in [0, 0.1) is 0 Å². The van der Waals surface area contributed by atoms with Gasteiger partial charge in [0, 0.05) is 34.5 Å². The Labute approximate surface area is 198 Å². The number of amides is 1. The largest absolute Gasteiger partial charge is 0.467 e. The molecule has 1 unspecified atom stereocenters. The van der Waals surface area contributed by atoms with Crippen LogP contribution in [0.1, 0.15) is 35.5 Å². The number of hydrogen-bond donors (Lipinski definition) is 2. The normalized spacial score (nSPS) is 26.7. The maximum Gasteiger partial charge on any atom is 0.343 e. The molecule has 174 valence electrons. The lowest BCUT2D eigenvalue weighted by Crippen LogP contribution is -2.56. The third-order valence-corrected chi connectivity index (χ3v) is 8.36. The molecule has 8 nitrogen and oxygen atoms in total. The van der Waals surface area contributed by atoms with Crippen LogP contribution in [0.5, 0.6) is 0 Å². The van der Waals surface area contributed by atoms with Gasteiger partial charge in [0.05, 0.1) is 34.7 Å². The Balaban J connectivity index is 1.73. The molecule has 0 radical (unpaired) electrons. The van der Waals surface area contributed by atoms with E-state index in [4.69, 9.17) is 9.47 Å². The number of aliphatic hydroxyl groups is 1. The van der Waals surface area contributed by atoms with E-state index in [-0.39, 0.29) is 12.3 Å². The van der Waals surface area contributed by atoms with E-state index < -0.39 is 23.5 Å². The minimum Gasteiger partial charge on any atom is -0.467 e. The van der Waals surface area contributed by atoms with Crippen molar-refractivity contribution in [2.24, 2.45) is 0 Å². The first-order chi connectivity index (χ1) is 16.9. The molecule has 8 rings (SSSR count). The summed E-state index contributed by atoms with van der Waals surface area (Å²) in [6.07, 6.45) is -0.628. The Morgan fingerprint density at radius 2 is 1.77 bits per heavy atom. The second-order valence-electron chi connectivity index (χ2n) is 9.83. The number of carbonyl (C=O) groups is 2. The molecular weight excluding hydrogens is 446 g/mol. The van der Waals surface area contributed by atoms with Crippen LogP contribution in [0.2, 0.25) is 0 Å². The number of methoxy groups -OCH3 is 1. The standard InChI is InChI=1S/C27H21N3O5/c1-26-27(33,25(32)34-2)11-18(35-26)29-16-9-5-3-7-13(16)20-21-15(12-28-24(21)31)19-14-8-4-6-10-17(14)30(26)23(19)22(20)29/h3-10,18,33H,11-12H2,1-2H3,(H,28,31)/t18-,26-,27?/m1/s1. The minimum atomic E-state index is -1.93. The van der Waals surface area contributed by atoms with E-state index in [1.54, 1.807) is 6.92 Å². The second kappa shape index (κ2) is 5.84. The first-order valence-corrected chi connectivity index (χ1v) is 11.7. The molecule has 0 aliphatic carbocycles. The van der Waals surface area contributed by atoms with Crippen LogP contribution in [0.4, 0.5) is 0 Å². The van der Waals surface area contributed by atoms with E-state index in [0.717, 1.165) is 49.2 Å². The number of nitrogens with one attached hydrogen (secondary N) is 1. The molecule has 1 fully saturated rings. The van der Waals surface area contributed by atoms with Crippen molar-refractivity contribution in [3.8, 4) is 0 Å². The van der Waals surface area contributed by atoms with Crippen LogP contribution in [-0.4, -0.2) is 38.8 Å². The second-order valence-corrected chi connectivity index (χ2v) is 9.83. The molecule has 3 aromatic carbocycles. The molecule has 5 heterocycles. The average Bonchev–Trinajstić information content (AvgIpc) is 3.55. The third-order valence-electron chi connectivity index (χ3n) is 8.36. The maximum absolute atomic E-state index is 13.2. The molecule has 1 saturated heterocycles. The first-order valence-electron chi connectivity index (χ1n) is 11.7. The van der Waals surface area contributed by atoms with Gasteiger partial charge < -0.3 is 29.0 Å². The molecule has 8 heteroatoms. The summed E-state index contributed by atoms with van der Waals surface area (Å²) < 4.78 is 15.8. The van der Waals surface area contributed by atoms with Crippen LogP contribution >= 0.6 is 0 Å². The van der Waals surface area contributed by atoms with Crippen molar-refractivity contribution in [3.05, 3.63) is 59.7 Å². The number of ether oxygens (including phenoxy) is 2. The maximum atomic E-state index is 13.2. The molecule has 0 spiro atoms. The number of aromatic nitrogens is 2. The number of para-hydroxylation sites is 2. The van der Waals surface area contributed by atoms with Gasteiger partial charge >= 0.3 is 5.97 Å². The molecule has 0 saturated carbocycles. The predicted molar refractivity (Wildman–Crippen MR) is 129 cm³/mol. The Morgan fingerprint density at radius 3 is 2.51 bits per heavy atom. The monoisotopic (exact) mass is 467 g/mol. The van der Waals surface area contributed by atoms with Crippen LogP contribution in [0.25, 0.3) is 43.6 Å². The molecule has 1 amide bonds. The van der Waals surface area contributed by atoms with Crippen molar-refractivity contribution >= 4 is 55.5 Å². The SMILES string of the molecule is COC(=O)C1(O)C[C@H]2O[C@@]1(C)n1c3ccccc3c3c4c(c5c6ccccc6n2c5c31)C(=O)NC4. The fourth-order valence-corrected chi connectivity index (χ4v) is 6.89. The lowest BCUT2D eigenvalue weighted by Gasteiger charge is -2.37. The van der Waals surface area contributed by atoms with Crippen LogP contribution in [-0.2, 0) is 26.5 Å². The Bertz CT molecular complexity index is 1830. The summed E-state index contributed by atoms with van der Waals surface area (Å²) in [7, 11) is 1.28. The van der Waals surface area contributed by atoms with Crippen molar-refractivity contribution in [2.45, 2.75) is 37.4 Å². The van der Waals surface area contributed by atoms with Gasteiger partial charge in [0.25, 0.3) is 5.91 Å². The van der Waals surface area contributed by atoms with E-state index in [9.17, 15) is 14.7 Å². The summed E-state index contributed by atoms with van der Waals surface area (Å²) in [5, 5.41) is 18.7. The zero-order chi connectivity index (χ0) is 23.9. The van der Waals surface area contributed by atoms with Gasteiger partial charge in [0.2, 0.25) is 5.60 Å². The van der Waals surface area contributed by atoms with Gasteiger partial charge in [-0.15, -0.1) is 0 Å². The molecular formula is C27H21N3O5. The van der Waals surface area contributed by atoms with Crippen molar-refractivity contribution in [1.82, 2.24) is 14.5 Å². The van der Waals surface area contributed by atoms with Crippen molar-refractivity contribution in [3.63, 3.8) is 0 Å². The van der Waals surface area contributed by atoms with Gasteiger partial charge in [0.1, 0.15) is 6.23 Å². The minimum absolute atomic E-state index is 0.0146. The third kappa shape index (κ3) is 1.89. The lowest BCUT2D eigenvalue weighted by atomic mass is 9.88. The summed E-state index contributed by atoms with van der Waals surface area (Å²) in [5.74, 6) is -0.822. The molecule has 2 aromatic heterocycles. The van der Waals surface area contributed by atoms with E-state index in [2.05, 4.69) is 9.88 Å². The Hall–Kier alpha value is -3.88. The molecule has 3 atom stereocenters. The summed E-state index contributed by atoms with van der Waals surface area (Å²) in [6.45, 7) is 2.17. The van der Waals surface area contributed by atoms with Gasteiger partial charge in [-0.1, -0.05) is 36.4 Å². The number of nitrogens with zero attached hydrogens (tertiary/aromatic N) is 2. The van der Waals surface area contributed by atoms with Crippen molar-refractivity contribution in [2.75, 3.05) is 7.11 Å². The fourth-order valence-electron chi connectivity index (χ4n) is 6.89. The van der Waals surface area contributed by atoms with Gasteiger partial charge in [-0.2, -0.15) is 0 Å². The zero-order valence-electron chi connectivity index (χ0n) is 19.1. The highest BCUT2D eigenvalue weighted by atomic mass is 16.6. The summed E-state index contributed by atoms with van der Waals surface area (Å²) in [5.41, 5.74) is 1.69. The van der Waals surface area contributed by atoms with E-state index in [1.165, 1.54) is 7.11 Å². The Kier molecular flexibility index (Phi) is 3.24. The van der Waals surface area contributed by atoms with E-state index in [1.807, 2.05) is 53.1 Å². The highest BCUT2D eigenvalue weighted by molar-refractivity contribution is 6.31. The number of carbonyl (C=O) groups excluding carboxylic acids is 2. The average molecular weight is 467 g/mol. The van der Waals surface area contributed by atoms with Crippen LogP contribution in [0.15, 0.2) is 48.5 Å². The summed E-state index contributed by atoms with van der Waals surface area (Å²) in [4.78, 5) is 26.3. The van der Waals surface area contributed by atoms with Crippen molar-refractivity contribution < 1.29 is 24.2 Å². The van der Waals surface area contributed by atoms with E-state index in [0.29, 0.717) is 12.1 Å². The van der Waals surface area contributed by atoms with Crippen molar-refractivity contribution in [1.29, 1.82) is 0 Å². The predicted octanol–water partition coefficient (Wildman–Crippen LogP) is 3.66. The highest BCUT2D eigenvalue weighted by Gasteiger charge is 2.65. The molecule has 2 bridgehead atoms. The number of hydrogen-bond acceptors (Lipinski definition) is 5. The number of benzene rings is 3. The zero-order valence-corrected chi connectivity index (χ0v) is 19.1. The number of esters is 1. The van der Waals surface area contributed by atoms with Gasteiger partial charge in [0.15, 0.2) is 5.72 Å². The number of fused-ring (bicyclic) bond motifs is 13. The first kappa shape index (κ1) is 19.4. The molecule has 3 aliphatic rings. The molecule has 35 heavy (non-hydrogen) atoms. The molecule has 3 aliphatic heterocycles. The van der Waals surface area contributed by atoms with E-state index >= 15 is 0 Å². The molecule has 2 N–H and O–H groups in total. The fraction of sp³-hybridized carbons (Fsp3) is 0.259. The summed E-state index contributed by atoms with van der Waals surface area (Å²) in [6, 6.07) is 15.8. The quantitative estimate of drug-likeness (QED) is 0.367. The highest BCUT2D eigenvalue weighted by Crippen LogP contribution is 2.57. The number of rotatable bonds is 1. The van der Waals surface area contributed by atoms with Gasteiger partial charge in [-0.25, -0.2) is 4.79 Å². The van der Waals surface area contributed by atoms with Gasteiger partial charge in [-0.05, 0) is 24.6 Å². The smallest absolute Gasteiger partial charge is 0.343 e. The summed E-state index contributed by atoms with van der Waals surface area (Å²) >= 11 is 0. The van der Waals surface area contributed by atoms with Crippen LogP contribution < -0.4 is 5.32 Å². The molecule has 5 aromatic rings. The van der Waals surface area contributed by atoms with Crippen LogP contribution in [0.3, 0.4) is 0 Å².